The molecule has 0 aliphatic carbocycles. The zero-order valence-corrected chi connectivity index (χ0v) is 11.1. The van der Waals surface area contributed by atoms with Crippen LogP contribution in [-0.4, -0.2) is 11.9 Å². The van der Waals surface area contributed by atoms with Gasteiger partial charge in [-0.05, 0) is 25.5 Å². The van der Waals surface area contributed by atoms with Crippen LogP contribution >= 0.6 is 15.9 Å². The molecule has 0 saturated carbocycles. The smallest absolute Gasteiger partial charge is 0.222 e. The maximum absolute atomic E-state index is 11.5. The van der Waals surface area contributed by atoms with Gasteiger partial charge in [-0.1, -0.05) is 34.1 Å². The zero-order chi connectivity index (χ0) is 12.1. The Morgan fingerprint density at radius 1 is 1.44 bits per heavy atom. The molecule has 0 radical (unpaired) electrons. The first-order chi connectivity index (χ1) is 7.50. The van der Waals surface area contributed by atoms with Gasteiger partial charge >= 0.3 is 0 Å². The van der Waals surface area contributed by atoms with Crippen molar-refractivity contribution in [1.29, 1.82) is 0 Å². The Hall–Kier alpha value is -0.870. The van der Waals surface area contributed by atoms with Crippen molar-refractivity contribution in [2.45, 2.75) is 32.4 Å². The summed E-state index contributed by atoms with van der Waals surface area (Å²) in [6.45, 7) is 3.78. The summed E-state index contributed by atoms with van der Waals surface area (Å²) in [5.74, 6) is -0.0155. The van der Waals surface area contributed by atoms with Crippen LogP contribution in [0.2, 0.25) is 0 Å². The second-order valence-electron chi connectivity index (χ2n) is 3.99. The zero-order valence-electron chi connectivity index (χ0n) is 9.53. The SMILES string of the molecule is CC(N)CC(=O)NC(C)c1ccccc1Br. The van der Waals surface area contributed by atoms with Crippen LogP contribution in [0.5, 0.6) is 0 Å². The van der Waals surface area contributed by atoms with Gasteiger partial charge in [-0.15, -0.1) is 0 Å². The number of nitrogens with two attached hydrogens (primary N) is 1. The molecule has 0 aliphatic rings. The molecule has 16 heavy (non-hydrogen) atoms. The summed E-state index contributed by atoms with van der Waals surface area (Å²) in [7, 11) is 0. The highest BCUT2D eigenvalue weighted by Crippen LogP contribution is 2.22. The molecule has 0 bridgehead atoms. The molecule has 1 aromatic rings. The fraction of sp³-hybridized carbons (Fsp3) is 0.417. The predicted molar refractivity (Wildman–Crippen MR) is 69.0 cm³/mol. The second-order valence-corrected chi connectivity index (χ2v) is 4.85. The van der Waals surface area contributed by atoms with E-state index in [4.69, 9.17) is 5.73 Å². The van der Waals surface area contributed by atoms with Crippen LogP contribution in [0, 0.1) is 0 Å². The van der Waals surface area contributed by atoms with Crippen molar-refractivity contribution in [3.05, 3.63) is 34.3 Å². The third-order valence-electron chi connectivity index (χ3n) is 2.26. The van der Waals surface area contributed by atoms with Gasteiger partial charge in [0.05, 0.1) is 6.04 Å². The third kappa shape index (κ3) is 3.94. The number of nitrogens with one attached hydrogen (secondary N) is 1. The first kappa shape index (κ1) is 13.2. The highest BCUT2D eigenvalue weighted by molar-refractivity contribution is 9.10. The lowest BCUT2D eigenvalue weighted by molar-refractivity contribution is -0.122. The number of halogens is 1. The third-order valence-corrected chi connectivity index (χ3v) is 2.98. The van der Waals surface area contributed by atoms with Crippen LogP contribution in [0.4, 0.5) is 0 Å². The molecule has 0 spiro atoms. The van der Waals surface area contributed by atoms with Gasteiger partial charge in [-0.25, -0.2) is 0 Å². The fourth-order valence-corrected chi connectivity index (χ4v) is 2.13. The fourth-order valence-electron chi connectivity index (χ4n) is 1.50. The molecule has 3 nitrogen and oxygen atoms in total. The van der Waals surface area contributed by atoms with Gasteiger partial charge in [0.1, 0.15) is 0 Å². The molecule has 4 heteroatoms. The largest absolute Gasteiger partial charge is 0.349 e. The monoisotopic (exact) mass is 284 g/mol. The Morgan fingerprint density at radius 2 is 2.06 bits per heavy atom. The number of hydrogen-bond acceptors (Lipinski definition) is 2. The second kappa shape index (κ2) is 6.01. The minimum atomic E-state index is -0.105. The van der Waals surface area contributed by atoms with Gasteiger partial charge in [0.25, 0.3) is 0 Å². The maximum atomic E-state index is 11.5. The van der Waals surface area contributed by atoms with Crippen molar-refractivity contribution in [2.24, 2.45) is 5.73 Å². The first-order valence-electron chi connectivity index (χ1n) is 5.30. The molecule has 3 N–H and O–H groups in total. The highest BCUT2D eigenvalue weighted by atomic mass is 79.9. The summed E-state index contributed by atoms with van der Waals surface area (Å²) in [6, 6.07) is 7.73. The quantitative estimate of drug-likeness (QED) is 0.892. The summed E-state index contributed by atoms with van der Waals surface area (Å²) in [6.07, 6.45) is 0.356. The van der Waals surface area contributed by atoms with E-state index in [1.807, 2.05) is 38.1 Å². The van der Waals surface area contributed by atoms with Gasteiger partial charge in [0, 0.05) is 16.9 Å². The average Bonchev–Trinajstić information content (AvgIpc) is 2.16. The number of benzene rings is 1. The summed E-state index contributed by atoms with van der Waals surface area (Å²) in [5.41, 5.74) is 6.64. The van der Waals surface area contributed by atoms with E-state index in [-0.39, 0.29) is 18.0 Å². The van der Waals surface area contributed by atoms with Gasteiger partial charge < -0.3 is 11.1 Å². The van der Waals surface area contributed by atoms with Crippen molar-refractivity contribution in [3.63, 3.8) is 0 Å². The van der Waals surface area contributed by atoms with E-state index >= 15 is 0 Å². The van der Waals surface area contributed by atoms with E-state index in [2.05, 4.69) is 21.2 Å². The Labute approximate surface area is 105 Å². The van der Waals surface area contributed by atoms with E-state index in [9.17, 15) is 4.79 Å². The van der Waals surface area contributed by atoms with E-state index < -0.39 is 0 Å². The van der Waals surface area contributed by atoms with Crippen LogP contribution in [0.3, 0.4) is 0 Å². The standard InChI is InChI=1S/C12H17BrN2O/c1-8(14)7-12(16)15-9(2)10-5-3-4-6-11(10)13/h3-6,8-9H,7,14H2,1-2H3,(H,15,16). The molecule has 1 rings (SSSR count). The lowest BCUT2D eigenvalue weighted by atomic mass is 10.1. The number of carbonyl (C=O) groups excluding carboxylic acids is 1. The van der Waals surface area contributed by atoms with E-state index in [0.717, 1.165) is 10.0 Å². The molecule has 0 saturated heterocycles. The van der Waals surface area contributed by atoms with Crippen molar-refractivity contribution in [2.75, 3.05) is 0 Å². The molecule has 0 aliphatic heterocycles. The summed E-state index contributed by atoms with van der Waals surface area (Å²) in [4.78, 5) is 11.5. The van der Waals surface area contributed by atoms with Crippen LogP contribution in [0.25, 0.3) is 0 Å². The van der Waals surface area contributed by atoms with Crippen molar-refractivity contribution >= 4 is 21.8 Å². The lowest BCUT2D eigenvalue weighted by Gasteiger charge is -2.16. The van der Waals surface area contributed by atoms with E-state index in [1.54, 1.807) is 0 Å². The Kier molecular flexibility index (Phi) is 4.96. The Balaban J connectivity index is 2.62. The minimum Gasteiger partial charge on any atom is -0.349 e. The average molecular weight is 285 g/mol. The maximum Gasteiger partial charge on any atom is 0.222 e. The molecule has 2 unspecified atom stereocenters. The number of amides is 1. The number of hydrogen-bond donors (Lipinski definition) is 2. The molecule has 1 aromatic carbocycles. The summed E-state index contributed by atoms with van der Waals surface area (Å²) >= 11 is 3.46. The van der Waals surface area contributed by atoms with Gasteiger partial charge in [-0.3, -0.25) is 4.79 Å². The van der Waals surface area contributed by atoms with Crippen LogP contribution in [0.1, 0.15) is 31.9 Å². The Bertz CT molecular complexity index is 366. The topological polar surface area (TPSA) is 55.1 Å². The summed E-state index contributed by atoms with van der Waals surface area (Å²) < 4.78 is 1.00. The normalized spacial score (nSPS) is 14.2. The number of carbonyl (C=O) groups is 1. The van der Waals surface area contributed by atoms with Crippen LogP contribution < -0.4 is 11.1 Å². The molecular weight excluding hydrogens is 268 g/mol. The van der Waals surface area contributed by atoms with E-state index in [0.29, 0.717) is 6.42 Å². The van der Waals surface area contributed by atoms with Crippen molar-refractivity contribution < 1.29 is 4.79 Å². The molecule has 0 heterocycles. The van der Waals surface area contributed by atoms with Gasteiger partial charge in [-0.2, -0.15) is 0 Å². The molecule has 88 valence electrons. The Morgan fingerprint density at radius 3 is 2.62 bits per heavy atom. The van der Waals surface area contributed by atoms with Gasteiger partial charge in [0.15, 0.2) is 0 Å². The number of rotatable bonds is 4. The minimum absolute atomic E-state index is 0.0122. The first-order valence-corrected chi connectivity index (χ1v) is 6.09. The molecule has 1 amide bonds. The highest BCUT2D eigenvalue weighted by Gasteiger charge is 2.12. The van der Waals surface area contributed by atoms with E-state index in [1.165, 1.54) is 0 Å². The van der Waals surface area contributed by atoms with Crippen molar-refractivity contribution in [3.8, 4) is 0 Å². The summed E-state index contributed by atoms with van der Waals surface area (Å²) in [5, 5.41) is 2.92. The van der Waals surface area contributed by atoms with Gasteiger partial charge in [0.2, 0.25) is 5.91 Å². The lowest BCUT2D eigenvalue weighted by Crippen LogP contribution is -2.31. The van der Waals surface area contributed by atoms with Crippen molar-refractivity contribution in [1.82, 2.24) is 5.32 Å². The predicted octanol–water partition coefficient (Wildman–Crippen LogP) is 2.36. The molecular formula is C12H17BrN2O. The molecule has 2 atom stereocenters. The van der Waals surface area contributed by atoms with Crippen LogP contribution in [-0.2, 0) is 4.79 Å². The molecule has 0 aromatic heterocycles. The molecule has 0 fully saturated rings. The van der Waals surface area contributed by atoms with Crippen LogP contribution in [0.15, 0.2) is 28.7 Å².